The lowest BCUT2D eigenvalue weighted by atomic mass is 10.1. The molecule has 1 aromatic heterocycles. The van der Waals surface area contributed by atoms with Crippen molar-refractivity contribution in [3.63, 3.8) is 0 Å². The van der Waals surface area contributed by atoms with Crippen LogP contribution in [-0.4, -0.2) is 23.9 Å². The van der Waals surface area contributed by atoms with Gasteiger partial charge in [0.15, 0.2) is 16.0 Å². The third-order valence-electron chi connectivity index (χ3n) is 2.61. The second-order valence-electron chi connectivity index (χ2n) is 4.17. The van der Waals surface area contributed by atoms with Gasteiger partial charge in [-0.05, 0) is 32.4 Å². The summed E-state index contributed by atoms with van der Waals surface area (Å²) in [5.41, 5.74) is 0.752. The van der Waals surface area contributed by atoms with Crippen LogP contribution in [0.15, 0.2) is 33.7 Å². The third-order valence-corrected chi connectivity index (χ3v) is 3.81. The fourth-order valence-electron chi connectivity index (χ4n) is 1.39. The van der Waals surface area contributed by atoms with Crippen molar-refractivity contribution in [1.82, 2.24) is 10.3 Å². The second-order valence-corrected chi connectivity index (χ2v) is 5.56. The Morgan fingerprint density at radius 2 is 2.20 bits per heavy atom. The first-order valence-corrected chi connectivity index (χ1v) is 7.09. The molecule has 3 nitrogen and oxygen atoms in total. The molecule has 110 valence electrons. The van der Waals surface area contributed by atoms with Crippen LogP contribution in [-0.2, 0) is 0 Å². The van der Waals surface area contributed by atoms with Crippen LogP contribution in [0.25, 0.3) is 0 Å². The molecule has 1 N–H and O–H groups in total. The number of halogens is 3. The molecule has 0 spiro atoms. The highest BCUT2D eigenvalue weighted by atomic mass is 35.5. The molecule has 0 aliphatic rings. The summed E-state index contributed by atoms with van der Waals surface area (Å²) in [6, 6.07) is -0.191. The van der Waals surface area contributed by atoms with E-state index in [4.69, 9.17) is 11.6 Å². The Morgan fingerprint density at radius 1 is 1.55 bits per heavy atom. The smallest absolute Gasteiger partial charge is 0.196 e. The maximum Gasteiger partial charge on any atom is 0.196 e. The van der Waals surface area contributed by atoms with Gasteiger partial charge in [-0.1, -0.05) is 22.9 Å². The van der Waals surface area contributed by atoms with Crippen molar-refractivity contribution in [3.05, 3.63) is 38.8 Å². The lowest BCUT2D eigenvalue weighted by Crippen LogP contribution is -2.34. The zero-order chi connectivity index (χ0) is 15.3. The summed E-state index contributed by atoms with van der Waals surface area (Å²) in [6.45, 7) is 4.97. The highest BCUT2D eigenvalue weighted by Gasteiger charge is 2.14. The minimum absolute atomic E-state index is 0.191. The fraction of sp³-hybridized carbons (Fsp3) is 0.385. The predicted octanol–water partition coefficient (Wildman–Crippen LogP) is 4.02. The number of nitrogens with zero attached hydrogens (tertiary/aromatic N) is 2. The van der Waals surface area contributed by atoms with E-state index in [1.807, 2.05) is 6.92 Å². The number of amidine groups is 1. The van der Waals surface area contributed by atoms with Crippen molar-refractivity contribution < 1.29 is 8.78 Å². The summed E-state index contributed by atoms with van der Waals surface area (Å²) >= 11 is 6.91. The number of hydrogen-bond donors (Lipinski definition) is 1. The average Bonchev–Trinajstić information content (AvgIpc) is 2.80. The molecular formula is C13H16ClF2N3S. The SMILES string of the molecule is CN=C(NC(C)C(C)=C(Cl)/C=C(\C)F)c1ncc(F)s1. The van der Waals surface area contributed by atoms with Gasteiger partial charge in [0, 0.05) is 18.1 Å². The van der Waals surface area contributed by atoms with Gasteiger partial charge < -0.3 is 5.32 Å². The Labute approximate surface area is 126 Å². The highest BCUT2D eigenvalue weighted by Crippen LogP contribution is 2.18. The van der Waals surface area contributed by atoms with E-state index in [-0.39, 0.29) is 17.0 Å². The van der Waals surface area contributed by atoms with Crippen LogP contribution >= 0.6 is 22.9 Å². The molecule has 0 aliphatic carbocycles. The fourth-order valence-corrected chi connectivity index (χ4v) is 2.35. The monoisotopic (exact) mass is 319 g/mol. The molecule has 0 saturated carbocycles. The number of nitrogens with one attached hydrogen (secondary N) is 1. The van der Waals surface area contributed by atoms with E-state index in [0.717, 1.165) is 23.1 Å². The molecule has 1 rings (SSSR count). The first kappa shape index (κ1) is 16.8. The van der Waals surface area contributed by atoms with Crippen LogP contribution in [0.3, 0.4) is 0 Å². The van der Waals surface area contributed by atoms with Crippen LogP contribution in [0.2, 0.25) is 0 Å². The molecule has 7 heteroatoms. The van der Waals surface area contributed by atoms with Gasteiger partial charge in [-0.2, -0.15) is 4.39 Å². The maximum absolute atomic E-state index is 13.0. The summed E-state index contributed by atoms with van der Waals surface area (Å²) in [7, 11) is 1.58. The molecule has 0 saturated heterocycles. The Bertz CT molecular complexity index is 560. The van der Waals surface area contributed by atoms with E-state index in [1.54, 1.807) is 14.0 Å². The van der Waals surface area contributed by atoms with Gasteiger partial charge in [0.05, 0.1) is 12.0 Å². The number of hydrogen-bond acceptors (Lipinski definition) is 3. The molecule has 1 heterocycles. The van der Waals surface area contributed by atoms with Crippen molar-refractivity contribution in [3.8, 4) is 0 Å². The van der Waals surface area contributed by atoms with Crippen LogP contribution in [0.1, 0.15) is 25.8 Å². The van der Waals surface area contributed by atoms with Gasteiger partial charge in [-0.3, -0.25) is 4.99 Å². The topological polar surface area (TPSA) is 37.3 Å². The van der Waals surface area contributed by atoms with Gasteiger partial charge in [-0.15, -0.1) is 0 Å². The number of aliphatic imine (C=N–C) groups is 1. The Hall–Kier alpha value is -1.27. The van der Waals surface area contributed by atoms with Crippen molar-refractivity contribution in [1.29, 1.82) is 0 Å². The van der Waals surface area contributed by atoms with Crippen molar-refractivity contribution >= 4 is 28.8 Å². The van der Waals surface area contributed by atoms with E-state index >= 15 is 0 Å². The second kappa shape index (κ2) is 7.50. The molecule has 0 amide bonds. The number of thiazole rings is 1. The number of allylic oxidation sites excluding steroid dienone is 3. The minimum Gasteiger partial charge on any atom is -0.362 e. The average molecular weight is 320 g/mol. The number of rotatable bonds is 4. The largest absolute Gasteiger partial charge is 0.362 e. The lowest BCUT2D eigenvalue weighted by molar-refractivity contribution is 0.639. The normalized spacial score (nSPS) is 15.9. The Kier molecular flexibility index (Phi) is 6.29. The summed E-state index contributed by atoms with van der Waals surface area (Å²) in [6.07, 6.45) is 2.39. The van der Waals surface area contributed by atoms with E-state index in [0.29, 0.717) is 15.9 Å². The van der Waals surface area contributed by atoms with E-state index in [1.165, 1.54) is 13.0 Å². The zero-order valence-corrected chi connectivity index (χ0v) is 13.2. The third kappa shape index (κ3) is 4.68. The molecule has 0 aromatic carbocycles. The molecule has 1 aromatic rings. The molecule has 0 radical (unpaired) electrons. The first-order chi connectivity index (χ1) is 9.35. The molecule has 20 heavy (non-hydrogen) atoms. The van der Waals surface area contributed by atoms with Crippen LogP contribution in [0, 0.1) is 5.13 Å². The summed E-state index contributed by atoms with van der Waals surface area (Å²) in [5.74, 6) is 0.101. The highest BCUT2D eigenvalue weighted by molar-refractivity contribution is 7.12. The van der Waals surface area contributed by atoms with E-state index < -0.39 is 0 Å². The van der Waals surface area contributed by atoms with Crippen molar-refractivity contribution in [2.24, 2.45) is 4.99 Å². The standard InChI is InChI=1S/C13H16ClF2N3S/c1-7(15)5-10(14)8(2)9(3)19-12(17-4)13-18-6-11(16)20-13/h5-6,9H,1-4H3,(H,17,19)/b7-5+,10-8?. The summed E-state index contributed by atoms with van der Waals surface area (Å²) in [5, 5.41) is 3.49. The van der Waals surface area contributed by atoms with Gasteiger partial charge in [0.1, 0.15) is 0 Å². The first-order valence-electron chi connectivity index (χ1n) is 5.90. The summed E-state index contributed by atoms with van der Waals surface area (Å²) in [4.78, 5) is 7.97. The van der Waals surface area contributed by atoms with Crippen LogP contribution in [0.4, 0.5) is 8.78 Å². The van der Waals surface area contributed by atoms with Crippen LogP contribution in [0.5, 0.6) is 0 Å². The van der Waals surface area contributed by atoms with Gasteiger partial charge in [0.25, 0.3) is 0 Å². The van der Waals surface area contributed by atoms with E-state index in [9.17, 15) is 8.78 Å². The van der Waals surface area contributed by atoms with E-state index in [2.05, 4.69) is 15.3 Å². The molecular weight excluding hydrogens is 304 g/mol. The molecule has 0 aliphatic heterocycles. The Morgan fingerprint density at radius 3 is 2.65 bits per heavy atom. The lowest BCUT2D eigenvalue weighted by Gasteiger charge is -2.17. The van der Waals surface area contributed by atoms with Gasteiger partial charge in [-0.25, -0.2) is 9.37 Å². The predicted molar refractivity (Wildman–Crippen MR) is 80.5 cm³/mol. The molecule has 1 unspecified atom stereocenters. The zero-order valence-electron chi connectivity index (χ0n) is 11.7. The maximum atomic E-state index is 13.0. The molecule has 0 fully saturated rings. The minimum atomic E-state index is -0.378. The van der Waals surface area contributed by atoms with Gasteiger partial charge in [0.2, 0.25) is 0 Å². The molecule has 1 atom stereocenters. The molecule has 0 bridgehead atoms. The number of aromatic nitrogens is 1. The Balaban J connectivity index is 2.89. The summed E-state index contributed by atoms with van der Waals surface area (Å²) < 4.78 is 25.8. The van der Waals surface area contributed by atoms with Gasteiger partial charge >= 0.3 is 0 Å². The van der Waals surface area contributed by atoms with Crippen molar-refractivity contribution in [2.45, 2.75) is 26.8 Å². The van der Waals surface area contributed by atoms with Crippen LogP contribution < -0.4 is 5.32 Å². The van der Waals surface area contributed by atoms with Crippen molar-refractivity contribution in [2.75, 3.05) is 7.05 Å². The quantitative estimate of drug-likeness (QED) is 0.517.